The molecule has 0 radical (unpaired) electrons. The number of guanidine groups is 1. The summed E-state index contributed by atoms with van der Waals surface area (Å²) in [6, 6.07) is 8.06. The molecule has 2 aromatic rings. The average molecular weight is 286 g/mol. The van der Waals surface area contributed by atoms with E-state index in [2.05, 4.69) is 32.9 Å². The van der Waals surface area contributed by atoms with Crippen LogP contribution in [0, 0.1) is 0 Å². The summed E-state index contributed by atoms with van der Waals surface area (Å²) in [4.78, 5) is 4.34. The van der Waals surface area contributed by atoms with E-state index in [0.29, 0.717) is 12.6 Å². The largest absolute Gasteiger partial charge is 0.497 e. The molecule has 1 aromatic heterocycles. The first-order chi connectivity index (χ1) is 10.2. The van der Waals surface area contributed by atoms with Crippen molar-refractivity contribution >= 4 is 5.96 Å². The van der Waals surface area contributed by atoms with Crippen LogP contribution in [0.4, 0.5) is 0 Å². The minimum Gasteiger partial charge on any atom is -0.497 e. The fourth-order valence-electron chi connectivity index (χ4n) is 2.07. The molecule has 0 aliphatic carbocycles. The molecule has 1 aliphatic heterocycles. The highest BCUT2D eigenvalue weighted by atomic mass is 16.5. The third kappa shape index (κ3) is 3.13. The van der Waals surface area contributed by atoms with E-state index in [4.69, 9.17) is 4.74 Å². The molecule has 1 unspecified atom stereocenters. The minimum atomic E-state index is 0.391. The highest BCUT2D eigenvalue weighted by Crippen LogP contribution is 2.14. The Hall–Kier alpha value is -2.57. The summed E-state index contributed by atoms with van der Waals surface area (Å²) in [5.41, 5.74) is 1.80. The fraction of sp³-hybridized carbons (Fsp3) is 0.357. The van der Waals surface area contributed by atoms with E-state index in [1.54, 1.807) is 11.8 Å². The quantitative estimate of drug-likeness (QED) is 0.866. The zero-order valence-corrected chi connectivity index (χ0v) is 12.1. The van der Waals surface area contributed by atoms with Crippen molar-refractivity contribution in [1.82, 2.24) is 25.6 Å². The molecule has 110 valence electrons. The van der Waals surface area contributed by atoms with Crippen molar-refractivity contribution in [3.05, 3.63) is 36.2 Å². The van der Waals surface area contributed by atoms with Gasteiger partial charge in [-0.3, -0.25) is 4.99 Å². The first kappa shape index (κ1) is 13.4. The van der Waals surface area contributed by atoms with Gasteiger partial charge in [-0.05, 0) is 31.2 Å². The van der Waals surface area contributed by atoms with E-state index in [1.165, 1.54) is 0 Å². The van der Waals surface area contributed by atoms with Crippen LogP contribution in [0.15, 0.2) is 35.5 Å². The van der Waals surface area contributed by atoms with Gasteiger partial charge in [-0.25, -0.2) is 4.68 Å². The second-order valence-electron chi connectivity index (χ2n) is 4.94. The summed E-state index contributed by atoms with van der Waals surface area (Å²) >= 11 is 0. The average Bonchev–Trinajstić information content (AvgIpc) is 3.14. The molecule has 1 aromatic carbocycles. The molecular formula is C14H18N6O. The Morgan fingerprint density at radius 2 is 2.19 bits per heavy atom. The van der Waals surface area contributed by atoms with Gasteiger partial charge in [0, 0.05) is 6.04 Å². The van der Waals surface area contributed by atoms with Gasteiger partial charge < -0.3 is 15.4 Å². The second-order valence-corrected chi connectivity index (χ2v) is 4.94. The van der Waals surface area contributed by atoms with Crippen molar-refractivity contribution in [3.8, 4) is 11.4 Å². The Morgan fingerprint density at radius 3 is 2.86 bits per heavy atom. The van der Waals surface area contributed by atoms with Gasteiger partial charge in [0.15, 0.2) is 5.96 Å². The zero-order chi connectivity index (χ0) is 14.7. The Morgan fingerprint density at radius 1 is 1.38 bits per heavy atom. The van der Waals surface area contributed by atoms with Crippen molar-refractivity contribution in [2.75, 3.05) is 13.7 Å². The number of nitrogens with one attached hydrogen (secondary N) is 2. The molecule has 0 amide bonds. The van der Waals surface area contributed by atoms with Crippen molar-refractivity contribution in [3.63, 3.8) is 0 Å². The number of hydrogen-bond acceptors (Lipinski definition) is 6. The zero-order valence-electron chi connectivity index (χ0n) is 12.1. The summed E-state index contributed by atoms with van der Waals surface area (Å²) in [6.07, 6.45) is 1.90. The highest BCUT2D eigenvalue weighted by Gasteiger charge is 2.12. The van der Waals surface area contributed by atoms with Crippen LogP contribution in [0.2, 0.25) is 0 Å². The van der Waals surface area contributed by atoms with Crippen LogP contribution < -0.4 is 15.4 Å². The van der Waals surface area contributed by atoms with Crippen molar-refractivity contribution < 1.29 is 4.74 Å². The van der Waals surface area contributed by atoms with E-state index in [-0.39, 0.29) is 0 Å². The first-order valence-electron chi connectivity index (χ1n) is 6.85. The molecule has 3 rings (SSSR count). The molecule has 0 saturated carbocycles. The van der Waals surface area contributed by atoms with E-state index in [1.807, 2.05) is 30.5 Å². The van der Waals surface area contributed by atoms with Gasteiger partial charge in [0.2, 0.25) is 0 Å². The monoisotopic (exact) mass is 286 g/mol. The SMILES string of the molecule is COc1ccc(-n2cc(CNC3=NCC(C)N3)nn2)cc1. The van der Waals surface area contributed by atoms with Gasteiger partial charge in [0.05, 0.1) is 32.1 Å². The Balaban J connectivity index is 1.62. The summed E-state index contributed by atoms with van der Waals surface area (Å²) in [5, 5.41) is 14.7. The molecule has 0 spiro atoms. The summed E-state index contributed by atoms with van der Waals surface area (Å²) in [7, 11) is 1.65. The topological polar surface area (TPSA) is 76.4 Å². The van der Waals surface area contributed by atoms with Crippen LogP contribution in [0.3, 0.4) is 0 Å². The maximum absolute atomic E-state index is 5.14. The van der Waals surface area contributed by atoms with Gasteiger partial charge in [-0.1, -0.05) is 5.21 Å². The number of hydrogen-bond donors (Lipinski definition) is 2. The molecule has 0 bridgehead atoms. The number of methoxy groups -OCH3 is 1. The van der Waals surface area contributed by atoms with Crippen LogP contribution in [-0.2, 0) is 6.54 Å². The predicted molar refractivity (Wildman–Crippen MR) is 79.7 cm³/mol. The minimum absolute atomic E-state index is 0.391. The maximum atomic E-state index is 5.14. The standard InChI is InChI=1S/C14H18N6O/c1-10-7-15-14(17-10)16-8-11-9-20(19-18-11)12-3-5-13(21-2)6-4-12/h3-6,9-10H,7-8H2,1-2H3,(H2,15,16,17). The van der Waals surface area contributed by atoms with Crippen molar-refractivity contribution in [2.45, 2.75) is 19.5 Å². The number of benzene rings is 1. The van der Waals surface area contributed by atoms with Gasteiger partial charge in [0.1, 0.15) is 11.4 Å². The van der Waals surface area contributed by atoms with Gasteiger partial charge >= 0.3 is 0 Å². The first-order valence-corrected chi connectivity index (χ1v) is 6.85. The molecule has 21 heavy (non-hydrogen) atoms. The van der Waals surface area contributed by atoms with Crippen molar-refractivity contribution in [2.24, 2.45) is 4.99 Å². The number of ether oxygens (including phenoxy) is 1. The van der Waals surface area contributed by atoms with Gasteiger partial charge in [-0.15, -0.1) is 5.10 Å². The Bertz CT molecular complexity index is 633. The molecule has 0 saturated heterocycles. The van der Waals surface area contributed by atoms with Crippen LogP contribution >= 0.6 is 0 Å². The lowest BCUT2D eigenvalue weighted by Crippen LogP contribution is -2.37. The van der Waals surface area contributed by atoms with Crippen LogP contribution in [0.25, 0.3) is 5.69 Å². The number of aromatic nitrogens is 3. The molecule has 7 nitrogen and oxygen atoms in total. The lowest BCUT2D eigenvalue weighted by atomic mass is 10.3. The fourth-order valence-corrected chi connectivity index (χ4v) is 2.07. The van der Waals surface area contributed by atoms with E-state index >= 15 is 0 Å². The molecule has 2 heterocycles. The van der Waals surface area contributed by atoms with E-state index < -0.39 is 0 Å². The summed E-state index contributed by atoms with van der Waals surface area (Å²) in [5.74, 6) is 1.64. The predicted octanol–water partition coefficient (Wildman–Crippen LogP) is 0.713. The van der Waals surface area contributed by atoms with Gasteiger partial charge in [0.25, 0.3) is 0 Å². The van der Waals surface area contributed by atoms with Crippen molar-refractivity contribution in [1.29, 1.82) is 0 Å². The molecular weight excluding hydrogens is 268 g/mol. The number of rotatable bonds is 4. The smallest absolute Gasteiger partial charge is 0.191 e. The second kappa shape index (κ2) is 5.82. The Kier molecular flexibility index (Phi) is 3.72. The highest BCUT2D eigenvalue weighted by molar-refractivity contribution is 5.81. The van der Waals surface area contributed by atoms with E-state index in [0.717, 1.165) is 29.6 Å². The third-order valence-corrected chi connectivity index (χ3v) is 3.22. The van der Waals surface area contributed by atoms with Gasteiger partial charge in [-0.2, -0.15) is 0 Å². The molecule has 2 N–H and O–H groups in total. The van der Waals surface area contributed by atoms with Crippen LogP contribution in [0.1, 0.15) is 12.6 Å². The van der Waals surface area contributed by atoms with Crippen LogP contribution in [-0.4, -0.2) is 40.6 Å². The maximum Gasteiger partial charge on any atom is 0.191 e. The van der Waals surface area contributed by atoms with Crippen LogP contribution in [0.5, 0.6) is 5.75 Å². The molecule has 0 fully saturated rings. The lowest BCUT2D eigenvalue weighted by molar-refractivity contribution is 0.414. The third-order valence-electron chi connectivity index (χ3n) is 3.22. The Labute approximate surface area is 123 Å². The normalized spacial score (nSPS) is 17.2. The number of nitrogens with zero attached hydrogens (tertiary/aromatic N) is 4. The van der Waals surface area contributed by atoms with E-state index in [9.17, 15) is 0 Å². The summed E-state index contributed by atoms with van der Waals surface area (Å²) < 4.78 is 6.88. The molecule has 1 aliphatic rings. The number of aliphatic imine (C=N–C) groups is 1. The molecule has 1 atom stereocenters. The molecule has 7 heteroatoms. The lowest BCUT2D eigenvalue weighted by Gasteiger charge is -2.06. The summed E-state index contributed by atoms with van der Waals surface area (Å²) in [6.45, 7) is 3.49.